The van der Waals surface area contributed by atoms with Crippen molar-refractivity contribution in [3.63, 3.8) is 0 Å². The Balaban J connectivity index is 1.39. The Bertz CT molecular complexity index is 710. The maximum atomic E-state index is 12.7. The fourth-order valence-corrected chi connectivity index (χ4v) is 5.27. The van der Waals surface area contributed by atoms with Gasteiger partial charge in [-0.2, -0.15) is 0 Å². The number of thiazole rings is 1. The number of amides is 1. The fraction of sp³-hybridized carbons (Fsp3) is 0.600. The van der Waals surface area contributed by atoms with Gasteiger partial charge in [0, 0.05) is 25.6 Å². The number of benzene rings is 1. The maximum Gasteiger partial charge on any atom is 0.236 e. The molecule has 2 fully saturated rings. The van der Waals surface area contributed by atoms with E-state index in [0.717, 1.165) is 44.5 Å². The Morgan fingerprint density at radius 1 is 1.20 bits per heavy atom. The van der Waals surface area contributed by atoms with Gasteiger partial charge in [0.2, 0.25) is 5.91 Å². The lowest BCUT2D eigenvalue weighted by molar-refractivity contribution is -0.134. The summed E-state index contributed by atoms with van der Waals surface area (Å²) in [5.74, 6) is 1.44. The maximum absolute atomic E-state index is 12.7. The van der Waals surface area contributed by atoms with Gasteiger partial charge >= 0.3 is 0 Å². The first-order valence-electron chi connectivity index (χ1n) is 9.54. The molecule has 0 bridgehead atoms. The van der Waals surface area contributed by atoms with Gasteiger partial charge in [0.15, 0.2) is 0 Å². The van der Waals surface area contributed by atoms with Crippen molar-refractivity contribution in [1.82, 2.24) is 14.8 Å². The first-order chi connectivity index (χ1) is 12.2. The number of likely N-dealkylation sites (tertiary alicyclic amines) is 2. The quantitative estimate of drug-likeness (QED) is 0.840. The van der Waals surface area contributed by atoms with Crippen LogP contribution in [0, 0.1) is 5.92 Å². The Kier molecular flexibility index (Phi) is 5.04. The van der Waals surface area contributed by atoms with E-state index < -0.39 is 0 Å². The zero-order chi connectivity index (χ0) is 17.2. The molecule has 4 nitrogen and oxygen atoms in total. The van der Waals surface area contributed by atoms with Crippen LogP contribution < -0.4 is 0 Å². The first kappa shape index (κ1) is 17.0. The SMILES string of the molecule is C[C@H]1CCCN(C(=O)CN2CCC[C@H](c3nc4ccccc4s3)C2)C1. The van der Waals surface area contributed by atoms with Gasteiger partial charge in [-0.05, 0) is 50.3 Å². The number of para-hydroxylation sites is 1. The highest BCUT2D eigenvalue weighted by atomic mass is 32.1. The third-order valence-corrected chi connectivity index (χ3v) is 6.73. The van der Waals surface area contributed by atoms with Gasteiger partial charge in [0.05, 0.1) is 21.8 Å². The van der Waals surface area contributed by atoms with E-state index in [4.69, 9.17) is 4.98 Å². The molecule has 1 amide bonds. The topological polar surface area (TPSA) is 36.4 Å². The minimum Gasteiger partial charge on any atom is -0.341 e. The van der Waals surface area contributed by atoms with Crippen molar-refractivity contribution in [2.24, 2.45) is 5.92 Å². The largest absolute Gasteiger partial charge is 0.341 e. The molecule has 0 unspecified atom stereocenters. The van der Waals surface area contributed by atoms with E-state index in [1.165, 1.54) is 22.5 Å². The summed E-state index contributed by atoms with van der Waals surface area (Å²) >= 11 is 1.82. The molecule has 2 aliphatic heterocycles. The van der Waals surface area contributed by atoms with Crippen LogP contribution in [0.25, 0.3) is 10.2 Å². The van der Waals surface area contributed by atoms with Gasteiger partial charge in [0.1, 0.15) is 0 Å². The molecule has 4 rings (SSSR count). The number of aromatic nitrogens is 1. The van der Waals surface area contributed by atoms with E-state index in [9.17, 15) is 4.79 Å². The standard InChI is InChI=1S/C20H27N3OS/c1-15-6-4-11-23(12-15)19(24)14-22-10-5-7-16(13-22)20-21-17-8-2-3-9-18(17)25-20/h2-3,8-9,15-16H,4-7,10-14H2,1H3/t15-,16-/m0/s1. The molecule has 0 aliphatic carbocycles. The van der Waals surface area contributed by atoms with E-state index in [2.05, 4.69) is 41.0 Å². The summed E-state index contributed by atoms with van der Waals surface area (Å²) < 4.78 is 1.27. The number of hydrogen-bond acceptors (Lipinski definition) is 4. The van der Waals surface area contributed by atoms with Crippen LogP contribution in [0.4, 0.5) is 0 Å². The van der Waals surface area contributed by atoms with Gasteiger partial charge in [-0.25, -0.2) is 4.98 Å². The van der Waals surface area contributed by atoms with Crippen molar-refractivity contribution in [3.8, 4) is 0 Å². The second kappa shape index (κ2) is 7.42. The number of rotatable bonds is 3. The van der Waals surface area contributed by atoms with Gasteiger partial charge < -0.3 is 4.90 Å². The number of nitrogens with zero attached hydrogens (tertiary/aromatic N) is 3. The number of piperidine rings is 2. The number of carbonyl (C=O) groups excluding carboxylic acids is 1. The van der Waals surface area contributed by atoms with Crippen molar-refractivity contribution in [2.75, 3.05) is 32.7 Å². The molecule has 25 heavy (non-hydrogen) atoms. The van der Waals surface area contributed by atoms with Crippen molar-refractivity contribution >= 4 is 27.5 Å². The number of carbonyl (C=O) groups is 1. The zero-order valence-electron chi connectivity index (χ0n) is 15.0. The van der Waals surface area contributed by atoms with Crippen LogP contribution in [0.1, 0.15) is 43.5 Å². The van der Waals surface area contributed by atoms with Crippen LogP contribution in [0.3, 0.4) is 0 Å². The summed E-state index contributed by atoms with van der Waals surface area (Å²) in [6, 6.07) is 8.38. The summed E-state index contributed by atoms with van der Waals surface area (Å²) in [5, 5.41) is 1.24. The predicted octanol–water partition coefficient (Wildman–Crippen LogP) is 3.73. The van der Waals surface area contributed by atoms with Crippen LogP contribution in [0.5, 0.6) is 0 Å². The Hall–Kier alpha value is -1.46. The predicted molar refractivity (Wildman–Crippen MR) is 103 cm³/mol. The van der Waals surface area contributed by atoms with Crippen molar-refractivity contribution in [2.45, 2.75) is 38.5 Å². The zero-order valence-corrected chi connectivity index (χ0v) is 15.8. The second-order valence-corrected chi connectivity index (χ2v) is 8.74. The summed E-state index contributed by atoms with van der Waals surface area (Å²) in [7, 11) is 0. The third kappa shape index (κ3) is 3.87. The number of hydrogen-bond donors (Lipinski definition) is 0. The molecule has 0 saturated carbocycles. The molecule has 2 saturated heterocycles. The van der Waals surface area contributed by atoms with Crippen LogP contribution in [0.15, 0.2) is 24.3 Å². The van der Waals surface area contributed by atoms with Gasteiger partial charge in [0.25, 0.3) is 0 Å². The fourth-order valence-electron chi connectivity index (χ4n) is 4.17. The Morgan fingerprint density at radius 3 is 2.88 bits per heavy atom. The minimum absolute atomic E-state index is 0.316. The van der Waals surface area contributed by atoms with E-state index >= 15 is 0 Å². The van der Waals surface area contributed by atoms with E-state index in [1.807, 2.05) is 11.3 Å². The molecule has 0 radical (unpaired) electrons. The normalized spacial score (nSPS) is 25.4. The second-order valence-electron chi connectivity index (χ2n) is 7.68. The molecule has 2 aromatic rings. The van der Waals surface area contributed by atoms with Gasteiger partial charge in [-0.15, -0.1) is 11.3 Å². The Labute approximate surface area is 153 Å². The lowest BCUT2D eigenvalue weighted by Crippen LogP contribution is -2.46. The lowest BCUT2D eigenvalue weighted by Gasteiger charge is -2.35. The van der Waals surface area contributed by atoms with Gasteiger partial charge in [-0.3, -0.25) is 9.69 Å². The van der Waals surface area contributed by atoms with E-state index in [0.29, 0.717) is 24.3 Å². The molecule has 0 N–H and O–H groups in total. The van der Waals surface area contributed by atoms with Crippen molar-refractivity contribution in [1.29, 1.82) is 0 Å². The number of fused-ring (bicyclic) bond motifs is 1. The van der Waals surface area contributed by atoms with Crippen LogP contribution in [-0.2, 0) is 4.79 Å². The van der Waals surface area contributed by atoms with E-state index in [-0.39, 0.29) is 0 Å². The molecule has 5 heteroatoms. The summed E-state index contributed by atoms with van der Waals surface area (Å²) in [6.07, 6.45) is 4.75. The van der Waals surface area contributed by atoms with Crippen LogP contribution in [0.2, 0.25) is 0 Å². The molecular weight excluding hydrogens is 330 g/mol. The molecule has 1 aromatic carbocycles. The molecular formula is C20H27N3OS. The van der Waals surface area contributed by atoms with Crippen LogP contribution >= 0.6 is 11.3 Å². The molecule has 2 atom stereocenters. The average Bonchev–Trinajstić information content (AvgIpc) is 3.06. The smallest absolute Gasteiger partial charge is 0.236 e. The highest BCUT2D eigenvalue weighted by molar-refractivity contribution is 7.18. The molecule has 3 heterocycles. The Morgan fingerprint density at radius 2 is 2.04 bits per heavy atom. The van der Waals surface area contributed by atoms with Crippen LogP contribution in [-0.4, -0.2) is 53.4 Å². The van der Waals surface area contributed by atoms with E-state index in [1.54, 1.807) is 0 Å². The molecule has 2 aliphatic rings. The average molecular weight is 358 g/mol. The van der Waals surface area contributed by atoms with Crippen molar-refractivity contribution < 1.29 is 4.79 Å². The highest BCUT2D eigenvalue weighted by Crippen LogP contribution is 2.33. The summed E-state index contributed by atoms with van der Waals surface area (Å²) in [4.78, 5) is 21.9. The first-order valence-corrected chi connectivity index (χ1v) is 10.4. The van der Waals surface area contributed by atoms with Gasteiger partial charge in [-0.1, -0.05) is 19.1 Å². The summed E-state index contributed by atoms with van der Waals surface area (Å²) in [6.45, 7) is 6.72. The third-order valence-electron chi connectivity index (χ3n) is 5.53. The minimum atomic E-state index is 0.316. The monoisotopic (exact) mass is 357 g/mol. The molecule has 134 valence electrons. The lowest BCUT2D eigenvalue weighted by atomic mass is 9.98. The summed E-state index contributed by atoms with van der Waals surface area (Å²) in [5.41, 5.74) is 1.11. The van der Waals surface area contributed by atoms with Crippen molar-refractivity contribution in [3.05, 3.63) is 29.3 Å². The molecule has 1 aromatic heterocycles. The molecule has 0 spiro atoms. The highest BCUT2D eigenvalue weighted by Gasteiger charge is 2.27.